The van der Waals surface area contributed by atoms with Crippen LogP contribution in [-0.2, 0) is 11.2 Å². The van der Waals surface area contributed by atoms with Gasteiger partial charge in [-0.25, -0.2) is 0 Å². The first-order valence-corrected chi connectivity index (χ1v) is 5.95. The van der Waals surface area contributed by atoms with E-state index in [0.717, 1.165) is 22.0 Å². The Labute approximate surface area is 103 Å². The van der Waals surface area contributed by atoms with Gasteiger partial charge in [0.1, 0.15) is 0 Å². The molecule has 1 aliphatic rings. The highest BCUT2D eigenvalue weighted by molar-refractivity contribution is 9.10. The van der Waals surface area contributed by atoms with Crippen molar-refractivity contribution >= 4 is 27.5 Å². The van der Waals surface area contributed by atoms with E-state index in [9.17, 15) is 9.90 Å². The van der Waals surface area contributed by atoms with Gasteiger partial charge in [-0.1, -0.05) is 28.1 Å². The number of hydrogen-bond acceptors (Lipinski definition) is 1. The zero-order valence-corrected chi connectivity index (χ0v) is 10.8. The van der Waals surface area contributed by atoms with Gasteiger partial charge >= 0.3 is 5.97 Å². The lowest BCUT2D eigenvalue weighted by Gasteiger charge is -2.22. The van der Waals surface area contributed by atoms with Crippen LogP contribution in [0.5, 0.6) is 0 Å². The van der Waals surface area contributed by atoms with Gasteiger partial charge in [-0.05, 0) is 49.1 Å². The third-order valence-electron chi connectivity index (χ3n) is 3.10. The SMILES string of the molecule is CC(C)(C(=O)O)C1=CCc2ccc(Br)cc21. The maximum Gasteiger partial charge on any atom is 0.313 e. The lowest BCUT2D eigenvalue weighted by molar-refractivity contribution is -0.143. The van der Waals surface area contributed by atoms with Crippen LogP contribution in [0.4, 0.5) is 0 Å². The molecule has 1 aromatic carbocycles. The first-order chi connectivity index (χ1) is 7.43. The highest BCUT2D eigenvalue weighted by atomic mass is 79.9. The van der Waals surface area contributed by atoms with E-state index < -0.39 is 11.4 Å². The maximum absolute atomic E-state index is 11.3. The molecule has 2 nitrogen and oxygen atoms in total. The Hall–Kier alpha value is -1.09. The minimum absolute atomic E-state index is 0.786. The molecule has 0 spiro atoms. The van der Waals surface area contributed by atoms with E-state index in [0.29, 0.717) is 0 Å². The number of carboxylic acid groups (broad SMARTS) is 1. The maximum atomic E-state index is 11.3. The molecular weight excluding hydrogens is 268 g/mol. The number of aliphatic carboxylic acids is 1. The molecule has 0 atom stereocenters. The molecule has 3 heteroatoms. The summed E-state index contributed by atoms with van der Waals surface area (Å²) in [5, 5.41) is 9.24. The van der Waals surface area contributed by atoms with Crippen molar-refractivity contribution < 1.29 is 9.90 Å². The van der Waals surface area contributed by atoms with Crippen LogP contribution < -0.4 is 0 Å². The Balaban J connectivity index is 2.50. The number of allylic oxidation sites excluding steroid dienone is 1. The summed E-state index contributed by atoms with van der Waals surface area (Å²) in [4.78, 5) is 11.3. The summed E-state index contributed by atoms with van der Waals surface area (Å²) < 4.78 is 0.986. The minimum Gasteiger partial charge on any atom is -0.481 e. The molecule has 1 aromatic rings. The summed E-state index contributed by atoms with van der Waals surface area (Å²) in [6.07, 6.45) is 2.85. The third kappa shape index (κ3) is 1.69. The molecule has 16 heavy (non-hydrogen) atoms. The highest BCUT2D eigenvalue weighted by Crippen LogP contribution is 2.41. The summed E-state index contributed by atoms with van der Waals surface area (Å²) in [6.45, 7) is 3.49. The quantitative estimate of drug-likeness (QED) is 0.900. The van der Waals surface area contributed by atoms with Crippen LogP contribution in [0.2, 0.25) is 0 Å². The lowest BCUT2D eigenvalue weighted by Crippen LogP contribution is -2.24. The number of rotatable bonds is 2. The zero-order chi connectivity index (χ0) is 11.9. The second-order valence-electron chi connectivity index (χ2n) is 4.55. The summed E-state index contributed by atoms with van der Waals surface area (Å²) in [6, 6.07) is 6.03. The predicted molar refractivity (Wildman–Crippen MR) is 67.2 cm³/mol. The van der Waals surface area contributed by atoms with E-state index in [4.69, 9.17) is 0 Å². The van der Waals surface area contributed by atoms with Crippen molar-refractivity contribution in [2.45, 2.75) is 20.3 Å². The van der Waals surface area contributed by atoms with Crippen molar-refractivity contribution in [2.24, 2.45) is 5.41 Å². The number of fused-ring (bicyclic) bond motifs is 1. The predicted octanol–water partition coefficient (Wildman–Crippen LogP) is 3.50. The van der Waals surface area contributed by atoms with Gasteiger partial charge in [-0.15, -0.1) is 0 Å². The molecule has 0 amide bonds. The van der Waals surface area contributed by atoms with Crippen molar-refractivity contribution in [2.75, 3.05) is 0 Å². The Morgan fingerprint density at radius 1 is 1.44 bits per heavy atom. The van der Waals surface area contributed by atoms with Crippen molar-refractivity contribution in [3.8, 4) is 0 Å². The lowest BCUT2D eigenvalue weighted by atomic mass is 9.81. The first kappa shape index (κ1) is 11.4. The second-order valence-corrected chi connectivity index (χ2v) is 5.47. The fraction of sp³-hybridized carbons (Fsp3) is 0.308. The van der Waals surface area contributed by atoms with E-state index in [1.54, 1.807) is 13.8 Å². The summed E-state index contributed by atoms with van der Waals surface area (Å²) in [5.41, 5.74) is 2.34. The van der Waals surface area contributed by atoms with Crippen LogP contribution in [0.1, 0.15) is 25.0 Å². The third-order valence-corrected chi connectivity index (χ3v) is 3.59. The fourth-order valence-corrected chi connectivity index (χ4v) is 2.37. The largest absolute Gasteiger partial charge is 0.481 e. The van der Waals surface area contributed by atoms with Gasteiger partial charge in [0.05, 0.1) is 5.41 Å². The average Bonchev–Trinajstić information content (AvgIpc) is 2.60. The van der Waals surface area contributed by atoms with Crippen LogP contribution in [-0.4, -0.2) is 11.1 Å². The zero-order valence-electron chi connectivity index (χ0n) is 9.25. The standard InChI is InChI=1S/C13H13BrO2/c1-13(2,12(15)16)11-6-4-8-3-5-9(14)7-10(8)11/h3,5-7H,4H2,1-2H3,(H,15,16). The van der Waals surface area contributed by atoms with Crippen molar-refractivity contribution in [1.29, 1.82) is 0 Å². The van der Waals surface area contributed by atoms with Crippen LogP contribution >= 0.6 is 15.9 Å². The van der Waals surface area contributed by atoms with Gasteiger partial charge in [-0.2, -0.15) is 0 Å². The molecule has 1 aliphatic carbocycles. The Morgan fingerprint density at radius 3 is 2.75 bits per heavy atom. The molecule has 0 heterocycles. The van der Waals surface area contributed by atoms with E-state index in [1.165, 1.54) is 5.56 Å². The smallest absolute Gasteiger partial charge is 0.313 e. The molecule has 2 rings (SSSR count). The minimum atomic E-state index is -0.827. The monoisotopic (exact) mass is 280 g/mol. The average molecular weight is 281 g/mol. The topological polar surface area (TPSA) is 37.3 Å². The van der Waals surface area contributed by atoms with E-state index in [1.807, 2.05) is 24.3 Å². The van der Waals surface area contributed by atoms with E-state index in [2.05, 4.69) is 15.9 Å². The molecular formula is C13H13BrO2. The van der Waals surface area contributed by atoms with Gasteiger partial charge in [0.2, 0.25) is 0 Å². The van der Waals surface area contributed by atoms with Gasteiger partial charge < -0.3 is 5.11 Å². The molecule has 0 saturated heterocycles. The highest BCUT2D eigenvalue weighted by Gasteiger charge is 2.35. The molecule has 0 aromatic heterocycles. The van der Waals surface area contributed by atoms with E-state index >= 15 is 0 Å². The molecule has 0 unspecified atom stereocenters. The number of carboxylic acids is 1. The Bertz CT molecular complexity index is 487. The summed E-state index contributed by atoms with van der Waals surface area (Å²) in [7, 11) is 0. The first-order valence-electron chi connectivity index (χ1n) is 5.16. The van der Waals surface area contributed by atoms with Gasteiger partial charge in [-0.3, -0.25) is 4.79 Å². The van der Waals surface area contributed by atoms with Crippen LogP contribution in [0.3, 0.4) is 0 Å². The number of carbonyl (C=O) groups is 1. The number of halogens is 1. The molecule has 1 N–H and O–H groups in total. The van der Waals surface area contributed by atoms with Crippen LogP contribution in [0.15, 0.2) is 28.7 Å². The molecule has 0 aliphatic heterocycles. The van der Waals surface area contributed by atoms with Crippen LogP contribution in [0.25, 0.3) is 5.57 Å². The number of benzene rings is 1. The fourth-order valence-electron chi connectivity index (χ4n) is 2.01. The molecule has 0 bridgehead atoms. The second kappa shape index (κ2) is 3.74. The molecule has 0 radical (unpaired) electrons. The Kier molecular flexibility index (Phi) is 2.66. The van der Waals surface area contributed by atoms with E-state index in [-0.39, 0.29) is 0 Å². The summed E-state index contributed by atoms with van der Waals surface area (Å²) in [5.74, 6) is -0.786. The molecule has 0 fully saturated rings. The Morgan fingerprint density at radius 2 is 2.12 bits per heavy atom. The van der Waals surface area contributed by atoms with Gasteiger partial charge in [0, 0.05) is 4.47 Å². The number of hydrogen-bond donors (Lipinski definition) is 1. The molecule has 84 valence electrons. The summed E-state index contributed by atoms with van der Waals surface area (Å²) >= 11 is 3.42. The van der Waals surface area contributed by atoms with Crippen molar-refractivity contribution in [1.82, 2.24) is 0 Å². The van der Waals surface area contributed by atoms with Gasteiger partial charge in [0.15, 0.2) is 0 Å². The molecule has 0 saturated carbocycles. The van der Waals surface area contributed by atoms with Gasteiger partial charge in [0.25, 0.3) is 0 Å². The van der Waals surface area contributed by atoms with Crippen molar-refractivity contribution in [3.05, 3.63) is 39.9 Å². The van der Waals surface area contributed by atoms with Crippen LogP contribution in [0, 0.1) is 5.41 Å². The normalized spacial score (nSPS) is 14.6. The van der Waals surface area contributed by atoms with Crippen molar-refractivity contribution in [3.63, 3.8) is 0 Å².